The van der Waals surface area contributed by atoms with E-state index in [9.17, 15) is 9.59 Å². The lowest BCUT2D eigenvalue weighted by atomic mass is 10.1. The summed E-state index contributed by atoms with van der Waals surface area (Å²) in [6.45, 7) is 16.0. The van der Waals surface area contributed by atoms with E-state index in [1.807, 2.05) is 37.6 Å². The number of amides is 2. The van der Waals surface area contributed by atoms with Gasteiger partial charge in [-0.15, -0.1) is 0 Å². The van der Waals surface area contributed by atoms with Crippen molar-refractivity contribution in [3.05, 3.63) is 0 Å². The maximum atomic E-state index is 12.5. The monoisotopic (exact) mass is 397 g/mol. The minimum absolute atomic E-state index is 0.143. The van der Waals surface area contributed by atoms with E-state index >= 15 is 0 Å². The molecule has 0 aliphatic carbocycles. The van der Waals surface area contributed by atoms with Gasteiger partial charge in [-0.25, -0.2) is 0 Å². The van der Waals surface area contributed by atoms with Crippen LogP contribution < -0.4 is 10.6 Å². The second-order valence-electron chi connectivity index (χ2n) is 7.99. The molecule has 7 nitrogen and oxygen atoms in total. The molecule has 2 fully saturated rings. The van der Waals surface area contributed by atoms with Crippen molar-refractivity contribution in [1.82, 2.24) is 25.3 Å². The van der Waals surface area contributed by atoms with Gasteiger partial charge in [0.2, 0.25) is 11.8 Å². The van der Waals surface area contributed by atoms with Crippen LogP contribution in [0.4, 0.5) is 0 Å². The van der Waals surface area contributed by atoms with Gasteiger partial charge in [0.1, 0.15) is 0 Å². The third-order valence-electron chi connectivity index (χ3n) is 5.40. The SMILES string of the molecule is CC.CCCC(=O)N1CCN(C2CNC(C(=O)N(C)CCC(C)C)CN2)CC1. The average molecular weight is 398 g/mol. The first-order valence-corrected chi connectivity index (χ1v) is 11.2. The molecule has 2 rings (SSSR count). The Bertz CT molecular complexity index is 456. The average Bonchev–Trinajstić information content (AvgIpc) is 2.73. The molecule has 2 aliphatic rings. The van der Waals surface area contributed by atoms with Crippen LogP contribution in [0, 0.1) is 5.92 Å². The van der Waals surface area contributed by atoms with E-state index in [4.69, 9.17) is 0 Å². The second-order valence-corrected chi connectivity index (χ2v) is 7.99. The Morgan fingerprint density at radius 3 is 2.21 bits per heavy atom. The Balaban J connectivity index is 0.00000190. The van der Waals surface area contributed by atoms with Crippen molar-refractivity contribution in [3.63, 3.8) is 0 Å². The van der Waals surface area contributed by atoms with Crippen LogP contribution in [0.5, 0.6) is 0 Å². The van der Waals surface area contributed by atoms with Crippen molar-refractivity contribution >= 4 is 11.8 Å². The van der Waals surface area contributed by atoms with Crippen LogP contribution in [-0.2, 0) is 9.59 Å². The molecular formula is C21H43N5O2. The number of nitrogens with zero attached hydrogens (tertiary/aromatic N) is 3. The van der Waals surface area contributed by atoms with E-state index < -0.39 is 0 Å². The molecule has 0 aromatic carbocycles. The van der Waals surface area contributed by atoms with E-state index in [2.05, 4.69) is 29.4 Å². The normalized spacial score (nSPS) is 23.2. The van der Waals surface area contributed by atoms with Crippen molar-refractivity contribution in [1.29, 1.82) is 0 Å². The Labute approximate surface area is 172 Å². The molecule has 2 amide bonds. The zero-order valence-corrected chi connectivity index (χ0v) is 19.0. The third kappa shape index (κ3) is 7.68. The molecule has 0 aromatic heterocycles. The summed E-state index contributed by atoms with van der Waals surface area (Å²) in [6, 6.07) is -0.143. The van der Waals surface area contributed by atoms with Gasteiger partial charge in [-0.1, -0.05) is 34.6 Å². The Hall–Kier alpha value is -1.18. The molecule has 0 aromatic rings. The maximum Gasteiger partial charge on any atom is 0.240 e. The van der Waals surface area contributed by atoms with E-state index in [-0.39, 0.29) is 24.0 Å². The van der Waals surface area contributed by atoms with E-state index in [1.165, 1.54) is 0 Å². The van der Waals surface area contributed by atoms with Gasteiger partial charge in [-0.05, 0) is 18.8 Å². The number of likely N-dealkylation sites (N-methyl/N-ethyl adjacent to an activating group) is 1. The highest BCUT2D eigenvalue weighted by Crippen LogP contribution is 2.10. The molecule has 7 heteroatoms. The van der Waals surface area contributed by atoms with Crippen molar-refractivity contribution in [2.24, 2.45) is 5.92 Å². The lowest BCUT2D eigenvalue weighted by Crippen LogP contribution is -2.66. The highest BCUT2D eigenvalue weighted by molar-refractivity contribution is 5.82. The van der Waals surface area contributed by atoms with Gasteiger partial charge in [-0.3, -0.25) is 19.8 Å². The minimum atomic E-state index is -0.143. The molecule has 2 atom stereocenters. The van der Waals surface area contributed by atoms with Gasteiger partial charge in [0, 0.05) is 59.3 Å². The molecule has 164 valence electrons. The predicted octanol–water partition coefficient (Wildman–Crippen LogP) is 1.35. The predicted molar refractivity (Wildman–Crippen MR) is 115 cm³/mol. The van der Waals surface area contributed by atoms with Crippen molar-refractivity contribution < 1.29 is 9.59 Å². The summed E-state index contributed by atoms with van der Waals surface area (Å²) in [5.74, 6) is 1.05. The van der Waals surface area contributed by atoms with Crippen LogP contribution >= 0.6 is 0 Å². The molecule has 0 spiro atoms. The smallest absolute Gasteiger partial charge is 0.240 e. The van der Waals surface area contributed by atoms with Crippen LogP contribution in [0.15, 0.2) is 0 Å². The van der Waals surface area contributed by atoms with Crippen LogP contribution in [-0.4, -0.2) is 91.6 Å². The van der Waals surface area contributed by atoms with E-state index in [0.29, 0.717) is 18.9 Å². The summed E-state index contributed by atoms with van der Waals surface area (Å²) < 4.78 is 0. The summed E-state index contributed by atoms with van der Waals surface area (Å²) >= 11 is 0. The second kappa shape index (κ2) is 13.1. The quantitative estimate of drug-likeness (QED) is 0.679. The molecule has 0 bridgehead atoms. The Morgan fingerprint density at radius 2 is 1.71 bits per heavy atom. The molecule has 28 heavy (non-hydrogen) atoms. The number of hydrogen-bond acceptors (Lipinski definition) is 5. The third-order valence-corrected chi connectivity index (χ3v) is 5.40. The molecule has 0 radical (unpaired) electrons. The molecule has 2 unspecified atom stereocenters. The number of rotatable bonds is 7. The topological polar surface area (TPSA) is 67.9 Å². The van der Waals surface area contributed by atoms with Crippen molar-refractivity contribution in [2.75, 3.05) is 52.9 Å². The largest absolute Gasteiger partial charge is 0.344 e. The first-order valence-electron chi connectivity index (χ1n) is 11.2. The molecule has 0 saturated carbocycles. The van der Waals surface area contributed by atoms with Crippen molar-refractivity contribution in [3.8, 4) is 0 Å². The fraction of sp³-hybridized carbons (Fsp3) is 0.905. The summed E-state index contributed by atoms with van der Waals surface area (Å²) in [4.78, 5) is 30.7. The van der Waals surface area contributed by atoms with Gasteiger partial charge in [0.15, 0.2) is 0 Å². The zero-order valence-electron chi connectivity index (χ0n) is 19.0. The fourth-order valence-electron chi connectivity index (χ4n) is 3.57. The number of hydrogen-bond donors (Lipinski definition) is 2. The van der Waals surface area contributed by atoms with Gasteiger partial charge in [-0.2, -0.15) is 0 Å². The number of carbonyl (C=O) groups excluding carboxylic acids is 2. The first kappa shape index (κ1) is 24.9. The highest BCUT2D eigenvalue weighted by Gasteiger charge is 2.32. The molecular weight excluding hydrogens is 354 g/mol. The van der Waals surface area contributed by atoms with Gasteiger partial charge < -0.3 is 15.1 Å². The highest BCUT2D eigenvalue weighted by atomic mass is 16.2. The van der Waals surface area contributed by atoms with Crippen molar-refractivity contribution in [2.45, 2.75) is 66.1 Å². The minimum Gasteiger partial charge on any atom is -0.344 e. The van der Waals surface area contributed by atoms with Gasteiger partial charge >= 0.3 is 0 Å². The lowest BCUT2D eigenvalue weighted by Gasteiger charge is -2.42. The molecule has 2 heterocycles. The van der Waals surface area contributed by atoms with Gasteiger partial charge in [0.25, 0.3) is 0 Å². The lowest BCUT2D eigenvalue weighted by molar-refractivity contribution is -0.135. The number of carbonyl (C=O) groups is 2. The zero-order chi connectivity index (χ0) is 21.1. The summed E-state index contributed by atoms with van der Waals surface area (Å²) in [6.07, 6.45) is 2.83. The number of piperazine rings is 2. The van der Waals surface area contributed by atoms with E-state index in [1.54, 1.807) is 0 Å². The molecule has 2 N–H and O–H groups in total. The summed E-state index contributed by atoms with van der Waals surface area (Å²) in [5.41, 5.74) is 0. The molecule has 2 aliphatic heterocycles. The Morgan fingerprint density at radius 1 is 1.07 bits per heavy atom. The van der Waals surface area contributed by atoms with Crippen LogP contribution in [0.1, 0.15) is 53.9 Å². The van der Waals surface area contributed by atoms with Crippen LogP contribution in [0.25, 0.3) is 0 Å². The standard InChI is InChI=1S/C19H37N5O2.C2H6/c1-5-6-18(25)24-11-9-23(10-12-24)17-14-20-16(13-21-17)19(26)22(4)8-7-15(2)3;1-2/h15-17,20-21H,5-14H2,1-4H3;1-2H3. The van der Waals surface area contributed by atoms with Crippen LogP contribution in [0.2, 0.25) is 0 Å². The maximum absolute atomic E-state index is 12.5. The first-order chi connectivity index (χ1) is 13.4. The summed E-state index contributed by atoms with van der Waals surface area (Å²) in [7, 11) is 1.89. The van der Waals surface area contributed by atoms with Gasteiger partial charge in [0.05, 0.1) is 12.2 Å². The van der Waals surface area contributed by atoms with Crippen LogP contribution in [0.3, 0.4) is 0 Å². The van der Waals surface area contributed by atoms with E-state index in [0.717, 1.165) is 52.1 Å². The summed E-state index contributed by atoms with van der Waals surface area (Å²) in [5, 5.41) is 6.93. The fourth-order valence-corrected chi connectivity index (χ4v) is 3.57. The molecule has 2 saturated heterocycles. The Kier molecular flexibility index (Phi) is 11.6. The number of nitrogens with one attached hydrogen (secondary N) is 2.